The molecule has 0 amide bonds. The van der Waals surface area contributed by atoms with Gasteiger partial charge in [0.15, 0.2) is 0 Å². The highest BCUT2D eigenvalue weighted by Crippen LogP contribution is 2.36. The van der Waals surface area contributed by atoms with Gasteiger partial charge in [-0.2, -0.15) is 0 Å². The van der Waals surface area contributed by atoms with Crippen LogP contribution in [0, 0.1) is 0 Å². The summed E-state index contributed by atoms with van der Waals surface area (Å²) in [5, 5.41) is 0. The Morgan fingerprint density at radius 1 is 0.944 bits per heavy atom. The van der Waals surface area contributed by atoms with Crippen LogP contribution >= 0.6 is 0 Å². The minimum absolute atomic E-state index is 0.995. The summed E-state index contributed by atoms with van der Waals surface area (Å²) in [6.45, 7) is 7.43. The van der Waals surface area contributed by atoms with E-state index in [1.807, 2.05) is 0 Å². The molecule has 0 aliphatic heterocycles. The molecule has 3 rings (SSSR count). The van der Waals surface area contributed by atoms with E-state index in [0.29, 0.717) is 0 Å². The maximum Gasteiger partial charge on any atom is 0.0487 e. The zero-order valence-electron chi connectivity index (χ0n) is 12.0. The van der Waals surface area contributed by atoms with Gasteiger partial charge in [0.1, 0.15) is 0 Å². The molecule has 0 N–H and O–H groups in total. The van der Waals surface area contributed by atoms with Gasteiger partial charge in [-0.1, -0.05) is 37.8 Å². The summed E-state index contributed by atoms with van der Waals surface area (Å²) in [6.07, 6.45) is 9.07. The first-order valence-electron chi connectivity index (χ1n) is 7.37. The van der Waals surface area contributed by atoms with E-state index in [0.717, 1.165) is 0 Å². The molecule has 0 fully saturated rings. The van der Waals surface area contributed by atoms with E-state index in [-0.39, 0.29) is 0 Å². The number of hydrogen-bond acceptors (Lipinski definition) is 0. The van der Waals surface area contributed by atoms with E-state index in [2.05, 4.69) is 37.8 Å². The van der Waals surface area contributed by atoms with Crippen molar-refractivity contribution in [1.82, 2.24) is 0 Å². The standard InChI is InChI=1S/C17H24Si/c1-18(2,3)12-16-9-8-15-10-13-6-4-5-7-14(13)11-17(15)16/h9-11H,4-8,12H2,1-3H3. The summed E-state index contributed by atoms with van der Waals surface area (Å²) in [6, 6.07) is 6.39. The second kappa shape index (κ2) is 4.38. The average Bonchev–Trinajstić information content (AvgIpc) is 2.67. The van der Waals surface area contributed by atoms with Crippen LogP contribution < -0.4 is 0 Å². The van der Waals surface area contributed by atoms with Gasteiger partial charge >= 0.3 is 0 Å². The molecule has 1 heteroatoms. The highest BCUT2D eigenvalue weighted by Gasteiger charge is 2.23. The van der Waals surface area contributed by atoms with E-state index in [1.165, 1.54) is 38.1 Å². The first kappa shape index (κ1) is 12.2. The van der Waals surface area contributed by atoms with E-state index >= 15 is 0 Å². The summed E-state index contributed by atoms with van der Waals surface area (Å²) in [5.74, 6) is 0. The largest absolute Gasteiger partial charge is 0.0766 e. The highest BCUT2D eigenvalue weighted by atomic mass is 28.3. The SMILES string of the molecule is C[Si](C)(C)CC1=CCc2cc3c(cc21)CCCC3. The Kier molecular flexibility index (Phi) is 2.97. The molecule has 0 saturated heterocycles. The number of allylic oxidation sites excluding steroid dienone is 2. The Balaban J connectivity index is 1.95. The van der Waals surface area contributed by atoms with Crippen molar-refractivity contribution in [3.8, 4) is 0 Å². The summed E-state index contributed by atoms with van der Waals surface area (Å²) in [7, 11) is -0.995. The van der Waals surface area contributed by atoms with Gasteiger partial charge < -0.3 is 0 Å². The second-order valence-corrected chi connectivity index (χ2v) is 12.6. The molecule has 1 aromatic carbocycles. The van der Waals surface area contributed by atoms with Crippen LogP contribution in [0.25, 0.3) is 5.57 Å². The van der Waals surface area contributed by atoms with Crippen molar-refractivity contribution < 1.29 is 0 Å². The fourth-order valence-electron chi connectivity index (χ4n) is 3.39. The van der Waals surface area contributed by atoms with Crippen LogP contribution in [0.2, 0.25) is 25.7 Å². The van der Waals surface area contributed by atoms with Crippen LogP contribution in [0.3, 0.4) is 0 Å². The lowest BCUT2D eigenvalue weighted by molar-refractivity contribution is 0.684. The smallest absolute Gasteiger partial charge is 0.0487 e. The van der Waals surface area contributed by atoms with Gasteiger partial charge in [0.25, 0.3) is 0 Å². The van der Waals surface area contributed by atoms with Crippen molar-refractivity contribution in [2.45, 2.75) is 57.8 Å². The molecule has 0 radical (unpaired) electrons. The molecular formula is C17H24Si. The third kappa shape index (κ3) is 2.33. The summed E-state index contributed by atoms with van der Waals surface area (Å²) in [5.41, 5.74) is 8.13. The number of hydrogen-bond donors (Lipinski definition) is 0. The molecule has 0 atom stereocenters. The molecule has 0 spiro atoms. The fourth-order valence-corrected chi connectivity index (χ4v) is 4.86. The van der Waals surface area contributed by atoms with Gasteiger partial charge in [0.2, 0.25) is 0 Å². The van der Waals surface area contributed by atoms with Crippen molar-refractivity contribution in [2.75, 3.05) is 0 Å². The van der Waals surface area contributed by atoms with Crippen LogP contribution in [0.1, 0.15) is 35.1 Å². The third-order valence-corrected chi connectivity index (χ3v) is 5.64. The molecule has 0 bridgehead atoms. The monoisotopic (exact) mass is 256 g/mol. The highest BCUT2D eigenvalue weighted by molar-refractivity contribution is 6.77. The predicted octanol–water partition coefficient (Wildman–Crippen LogP) is 4.84. The Morgan fingerprint density at radius 2 is 1.61 bits per heavy atom. The van der Waals surface area contributed by atoms with Crippen LogP contribution in [-0.2, 0) is 19.3 Å². The first-order chi connectivity index (χ1) is 8.53. The molecule has 18 heavy (non-hydrogen) atoms. The maximum atomic E-state index is 2.53. The van der Waals surface area contributed by atoms with E-state index in [9.17, 15) is 0 Å². The normalized spacial score (nSPS) is 18.3. The number of fused-ring (bicyclic) bond motifs is 2. The Labute approximate surface area is 112 Å². The fraction of sp³-hybridized carbons (Fsp3) is 0.529. The quantitative estimate of drug-likeness (QED) is 0.664. The first-order valence-corrected chi connectivity index (χ1v) is 11.1. The third-order valence-electron chi connectivity index (χ3n) is 4.20. The summed E-state index contributed by atoms with van der Waals surface area (Å²) < 4.78 is 0. The lowest BCUT2D eigenvalue weighted by Crippen LogP contribution is -2.19. The number of rotatable bonds is 2. The van der Waals surface area contributed by atoms with Gasteiger partial charge in [-0.3, -0.25) is 0 Å². The summed E-state index contributed by atoms with van der Waals surface area (Å²) >= 11 is 0. The number of benzene rings is 1. The molecule has 0 unspecified atom stereocenters. The van der Waals surface area contributed by atoms with Crippen molar-refractivity contribution in [2.24, 2.45) is 0 Å². The summed E-state index contributed by atoms with van der Waals surface area (Å²) in [4.78, 5) is 0. The average molecular weight is 256 g/mol. The number of aryl methyl sites for hydroxylation is 2. The molecule has 0 saturated carbocycles. The Morgan fingerprint density at radius 3 is 2.28 bits per heavy atom. The van der Waals surface area contributed by atoms with Crippen LogP contribution in [0.4, 0.5) is 0 Å². The minimum atomic E-state index is -0.995. The zero-order chi connectivity index (χ0) is 12.8. The van der Waals surface area contributed by atoms with Crippen molar-refractivity contribution >= 4 is 13.6 Å². The van der Waals surface area contributed by atoms with E-state index < -0.39 is 8.07 Å². The molecule has 1 aromatic rings. The molecule has 2 aliphatic rings. The molecule has 0 aromatic heterocycles. The molecule has 96 valence electrons. The van der Waals surface area contributed by atoms with E-state index in [4.69, 9.17) is 0 Å². The molecule has 2 aliphatic carbocycles. The van der Waals surface area contributed by atoms with Gasteiger partial charge in [0, 0.05) is 8.07 Å². The lowest BCUT2D eigenvalue weighted by Gasteiger charge is -2.21. The van der Waals surface area contributed by atoms with Gasteiger partial charge in [-0.05, 0) is 66.0 Å². The van der Waals surface area contributed by atoms with Crippen LogP contribution in [0.5, 0.6) is 0 Å². The van der Waals surface area contributed by atoms with Gasteiger partial charge in [-0.15, -0.1) is 0 Å². The predicted molar refractivity (Wildman–Crippen MR) is 82.9 cm³/mol. The molecule has 0 heterocycles. The van der Waals surface area contributed by atoms with Crippen molar-refractivity contribution in [1.29, 1.82) is 0 Å². The zero-order valence-corrected chi connectivity index (χ0v) is 13.0. The lowest BCUT2D eigenvalue weighted by atomic mass is 9.88. The van der Waals surface area contributed by atoms with Gasteiger partial charge in [0.05, 0.1) is 0 Å². The molecule has 0 nitrogen and oxygen atoms in total. The minimum Gasteiger partial charge on any atom is -0.0766 e. The van der Waals surface area contributed by atoms with Crippen LogP contribution in [-0.4, -0.2) is 8.07 Å². The van der Waals surface area contributed by atoms with Crippen molar-refractivity contribution in [3.63, 3.8) is 0 Å². The molecular weight excluding hydrogens is 232 g/mol. The van der Waals surface area contributed by atoms with E-state index in [1.54, 1.807) is 27.8 Å². The Bertz CT molecular complexity index is 503. The van der Waals surface area contributed by atoms with Crippen LogP contribution in [0.15, 0.2) is 18.2 Å². The maximum absolute atomic E-state index is 2.53. The Hall–Kier alpha value is -0.823. The van der Waals surface area contributed by atoms with Crippen molar-refractivity contribution in [3.05, 3.63) is 40.5 Å². The second-order valence-electron chi connectivity index (χ2n) is 7.16. The van der Waals surface area contributed by atoms with Gasteiger partial charge in [-0.25, -0.2) is 0 Å². The topological polar surface area (TPSA) is 0 Å².